The van der Waals surface area contributed by atoms with Crippen LogP contribution in [0.1, 0.15) is 53.9 Å². The highest BCUT2D eigenvalue weighted by atomic mass is 15.1. The van der Waals surface area contributed by atoms with E-state index >= 15 is 0 Å². The van der Waals surface area contributed by atoms with Crippen molar-refractivity contribution in [2.24, 2.45) is 11.3 Å². The van der Waals surface area contributed by atoms with Crippen LogP contribution in [0, 0.1) is 11.3 Å². The number of likely N-dealkylation sites (tertiary alicyclic amines) is 1. The van der Waals surface area contributed by atoms with Crippen LogP contribution in [-0.4, -0.2) is 37.1 Å². The van der Waals surface area contributed by atoms with Crippen LogP contribution < -0.4 is 5.32 Å². The van der Waals surface area contributed by atoms with Crippen molar-refractivity contribution in [1.29, 1.82) is 0 Å². The SMILES string of the molecule is CC(CN1CCCCC1)NCC(C)C(C)(C)C. The third-order valence-electron chi connectivity index (χ3n) is 4.23. The molecular formula is C15H32N2. The Morgan fingerprint density at radius 1 is 1.06 bits per heavy atom. The fourth-order valence-corrected chi connectivity index (χ4v) is 2.28. The molecule has 0 amide bonds. The third kappa shape index (κ3) is 5.87. The number of piperidine rings is 1. The van der Waals surface area contributed by atoms with E-state index in [0.29, 0.717) is 11.5 Å². The predicted molar refractivity (Wildman–Crippen MR) is 76.4 cm³/mol. The van der Waals surface area contributed by atoms with Crippen LogP contribution in [0.15, 0.2) is 0 Å². The predicted octanol–water partition coefficient (Wildman–Crippen LogP) is 3.13. The Morgan fingerprint density at radius 3 is 2.18 bits per heavy atom. The summed E-state index contributed by atoms with van der Waals surface area (Å²) in [4.78, 5) is 2.61. The molecule has 0 bridgehead atoms. The highest BCUT2D eigenvalue weighted by Crippen LogP contribution is 2.24. The molecule has 1 aliphatic heterocycles. The molecule has 1 fully saturated rings. The van der Waals surface area contributed by atoms with Crippen molar-refractivity contribution in [3.05, 3.63) is 0 Å². The molecule has 2 nitrogen and oxygen atoms in total. The van der Waals surface area contributed by atoms with E-state index < -0.39 is 0 Å². The first-order valence-corrected chi connectivity index (χ1v) is 7.35. The van der Waals surface area contributed by atoms with Crippen molar-refractivity contribution in [3.63, 3.8) is 0 Å². The van der Waals surface area contributed by atoms with Gasteiger partial charge < -0.3 is 10.2 Å². The highest BCUT2D eigenvalue weighted by Gasteiger charge is 2.20. The highest BCUT2D eigenvalue weighted by molar-refractivity contribution is 4.76. The van der Waals surface area contributed by atoms with Gasteiger partial charge in [0.15, 0.2) is 0 Å². The number of rotatable bonds is 5. The van der Waals surface area contributed by atoms with Gasteiger partial charge in [0.25, 0.3) is 0 Å². The van der Waals surface area contributed by atoms with Crippen LogP contribution in [0.25, 0.3) is 0 Å². The maximum absolute atomic E-state index is 3.69. The molecular weight excluding hydrogens is 208 g/mol. The van der Waals surface area contributed by atoms with Crippen LogP contribution in [0.3, 0.4) is 0 Å². The smallest absolute Gasteiger partial charge is 0.0166 e. The van der Waals surface area contributed by atoms with Crippen molar-refractivity contribution < 1.29 is 0 Å². The van der Waals surface area contributed by atoms with Crippen molar-refractivity contribution in [2.75, 3.05) is 26.2 Å². The van der Waals surface area contributed by atoms with E-state index in [0.717, 1.165) is 12.5 Å². The van der Waals surface area contributed by atoms with Gasteiger partial charge in [-0.15, -0.1) is 0 Å². The van der Waals surface area contributed by atoms with Gasteiger partial charge in [0.1, 0.15) is 0 Å². The Balaban J connectivity index is 2.18. The van der Waals surface area contributed by atoms with Crippen molar-refractivity contribution in [2.45, 2.75) is 59.9 Å². The molecule has 2 unspecified atom stereocenters. The number of nitrogens with one attached hydrogen (secondary N) is 1. The molecule has 1 aliphatic rings. The Hall–Kier alpha value is -0.0800. The minimum atomic E-state index is 0.415. The molecule has 17 heavy (non-hydrogen) atoms. The maximum atomic E-state index is 3.69. The molecule has 0 radical (unpaired) electrons. The summed E-state index contributed by atoms with van der Waals surface area (Å²) in [6.07, 6.45) is 4.22. The van der Waals surface area contributed by atoms with E-state index in [4.69, 9.17) is 0 Å². The molecule has 0 aromatic heterocycles. The summed E-state index contributed by atoms with van der Waals surface area (Å²) in [6.45, 7) is 16.6. The van der Waals surface area contributed by atoms with E-state index in [-0.39, 0.29) is 0 Å². The summed E-state index contributed by atoms with van der Waals surface area (Å²) in [5, 5.41) is 3.69. The third-order valence-corrected chi connectivity index (χ3v) is 4.23. The Labute approximate surface area is 108 Å². The van der Waals surface area contributed by atoms with E-state index in [1.165, 1.54) is 38.9 Å². The second-order valence-electron chi connectivity index (χ2n) is 6.94. The van der Waals surface area contributed by atoms with E-state index in [1.54, 1.807) is 0 Å². The van der Waals surface area contributed by atoms with Gasteiger partial charge in [0.05, 0.1) is 0 Å². The number of hydrogen-bond acceptors (Lipinski definition) is 2. The van der Waals surface area contributed by atoms with Crippen LogP contribution in [0.2, 0.25) is 0 Å². The van der Waals surface area contributed by atoms with Crippen LogP contribution in [0.5, 0.6) is 0 Å². The molecule has 1 saturated heterocycles. The first-order chi connectivity index (χ1) is 7.89. The summed E-state index contributed by atoms with van der Waals surface area (Å²) < 4.78 is 0. The lowest BCUT2D eigenvalue weighted by atomic mass is 9.82. The van der Waals surface area contributed by atoms with Crippen LogP contribution in [-0.2, 0) is 0 Å². The van der Waals surface area contributed by atoms with E-state index in [9.17, 15) is 0 Å². The van der Waals surface area contributed by atoms with Crippen LogP contribution >= 0.6 is 0 Å². The van der Waals surface area contributed by atoms with Gasteiger partial charge in [-0.3, -0.25) is 0 Å². The lowest BCUT2D eigenvalue weighted by Gasteiger charge is -2.32. The minimum absolute atomic E-state index is 0.415. The monoisotopic (exact) mass is 240 g/mol. The zero-order chi connectivity index (χ0) is 12.9. The lowest BCUT2D eigenvalue weighted by Crippen LogP contribution is -2.43. The average Bonchev–Trinajstić information content (AvgIpc) is 2.26. The van der Waals surface area contributed by atoms with Gasteiger partial charge in [-0.05, 0) is 50.7 Å². The van der Waals surface area contributed by atoms with Gasteiger partial charge in [-0.2, -0.15) is 0 Å². The summed E-state index contributed by atoms with van der Waals surface area (Å²) >= 11 is 0. The van der Waals surface area contributed by atoms with Crippen molar-refractivity contribution >= 4 is 0 Å². The molecule has 0 saturated carbocycles. The Kier molecular flexibility index (Phi) is 5.94. The summed E-state index contributed by atoms with van der Waals surface area (Å²) in [6, 6.07) is 0.623. The second kappa shape index (κ2) is 6.75. The zero-order valence-electron chi connectivity index (χ0n) is 12.6. The Morgan fingerprint density at radius 2 is 1.65 bits per heavy atom. The molecule has 0 aromatic carbocycles. The first-order valence-electron chi connectivity index (χ1n) is 7.35. The summed E-state index contributed by atoms with van der Waals surface area (Å²) in [7, 11) is 0. The topological polar surface area (TPSA) is 15.3 Å². The largest absolute Gasteiger partial charge is 0.313 e. The molecule has 1 rings (SSSR count). The van der Waals surface area contributed by atoms with Crippen molar-refractivity contribution in [3.8, 4) is 0 Å². The minimum Gasteiger partial charge on any atom is -0.313 e. The van der Waals surface area contributed by atoms with E-state index in [2.05, 4.69) is 44.8 Å². The van der Waals surface area contributed by atoms with Crippen molar-refractivity contribution in [1.82, 2.24) is 10.2 Å². The number of nitrogens with zero attached hydrogens (tertiary/aromatic N) is 1. The quantitative estimate of drug-likeness (QED) is 0.794. The van der Waals surface area contributed by atoms with Gasteiger partial charge in [0.2, 0.25) is 0 Å². The molecule has 1 N–H and O–H groups in total. The molecule has 2 heteroatoms. The zero-order valence-corrected chi connectivity index (χ0v) is 12.6. The van der Waals surface area contributed by atoms with E-state index in [1.807, 2.05) is 0 Å². The second-order valence-corrected chi connectivity index (χ2v) is 6.94. The first kappa shape index (κ1) is 15.0. The standard InChI is InChI=1S/C15H32N2/c1-13(15(3,4)5)11-16-14(2)12-17-9-7-6-8-10-17/h13-14,16H,6-12H2,1-5H3. The molecule has 0 aliphatic carbocycles. The maximum Gasteiger partial charge on any atom is 0.0166 e. The fourth-order valence-electron chi connectivity index (χ4n) is 2.28. The molecule has 2 atom stereocenters. The number of hydrogen-bond donors (Lipinski definition) is 1. The van der Waals surface area contributed by atoms with Gasteiger partial charge in [0, 0.05) is 12.6 Å². The van der Waals surface area contributed by atoms with Crippen LogP contribution in [0.4, 0.5) is 0 Å². The summed E-state index contributed by atoms with van der Waals surface area (Å²) in [5.41, 5.74) is 0.415. The lowest BCUT2D eigenvalue weighted by molar-refractivity contribution is 0.196. The van der Waals surface area contributed by atoms with Gasteiger partial charge in [-0.1, -0.05) is 34.1 Å². The normalized spacial score (nSPS) is 22.4. The fraction of sp³-hybridized carbons (Fsp3) is 1.00. The molecule has 0 spiro atoms. The Bertz CT molecular complexity index is 201. The van der Waals surface area contributed by atoms with Gasteiger partial charge in [-0.25, -0.2) is 0 Å². The van der Waals surface area contributed by atoms with Gasteiger partial charge >= 0.3 is 0 Å². The molecule has 102 valence electrons. The molecule has 0 aromatic rings. The summed E-state index contributed by atoms with van der Waals surface area (Å²) in [5.74, 6) is 0.728. The molecule has 1 heterocycles. The average molecular weight is 240 g/mol.